The van der Waals surface area contributed by atoms with Crippen molar-refractivity contribution in [3.05, 3.63) is 69.7 Å². The Kier molecular flexibility index (Phi) is 5.38. The minimum atomic E-state index is -0.466. The maximum Gasteiger partial charge on any atom is 0.174 e. The van der Waals surface area contributed by atoms with Gasteiger partial charge in [-0.25, -0.2) is 9.37 Å². The molecule has 28 heavy (non-hydrogen) atoms. The number of anilines is 1. The van der Waals surface area contributed by atoms with Crippen LogP contribution in [0.15, 0.2) is 42.7 Å². The highest BCUT2D eigenvalue weighted by Crippen LogP contribution is 2.44. The second kappa shape index (κ2) is 7.94. The summed E-state index contributed by atoms with van der Waals surface area (Å²) in [4.78, 5) is 8.18. The molecule has 0 spiro atoms. The number of hydrogen-bond acceptors (Lipinski definition) is 4. The van der Waals surface area contributed by atoms with E-state index in [1.165, 1.54) is 12.4 Å². The standard InChI is InChI=1S/C21H18Cl2FN3O/c22-16-5-2-6-17(23)15(16)11-28-21-13(12-3-1-4-12)7-8-14(20(21)24)18-9-27-19(25)10-26-18/h2,5-10,12H,1,3-4,11H2,(H2,25,27). The van der Waals surface area contributed by atoms with E-state index in [-0.39, 0.29) is 24.1 Å². The average Bonchev–Trinajstić information content (AvgIpc) is 2.63. The second-order valence-electron chi connectivity index (χ2n) is 6.79. The molecule has 4 nitrogen and oxygen atoms in total. The third kappa shape index (κ3) is 3.64. The number of nitrogens with two attached hydrogens (primary N) is 1. The summed E-state index contributed by atoms with van der Waals surface area (Å²) in [5, 5.41) is 0.970. The fourth-order valence-electron chi connectivity index (χ4n) is 3.25. The summed E-state index contributed by atoms with van der Waals surface area (Å²) in [6.45, 7) is 0.0754. The Bertz CT molecular complexity index is 987. The van der Waals surface area contributed by atoms with Crippen LogP contribution in [-0.2, 0) is 6.61 Å². The zero-order valence-corrected chi connectivity index (χ0v) is 16.5. The molecule has 0 unspecified atom stereocenters. The number of aromatic nitrogens is 2. The zero-order chi connectivity index (χ0) is 19.7. The maximum atomic E-state index is 15.5. The summed E-state index contributed by atoms with van der Waals surface area (Å²) in [6, 6.07) is 8.85. The summed E-state index contributed by atoms with van der Waals surface area (Å²) < 4.78 is 21.4. The molecule has 1 heterocycles. The van der Waals surface area contributed by atoms with Gasteiger partial charge >= 0.3 is 0 Å². The third-order valence-electron chi connectivity index (χ3n) is 5.04. The number of ether oxygens (including phenoxy) is 1. The van der Waals surface area contributed by atoms with Gasteiger partial charge in [-0.05, 0) is 37.0 Å². The van der Waals surface area contributed by atoms with E-state index < -0.39 is 5.82 Å². The van der Waals surface area contributed by atoms with Gasteiger partial charge < -0.3 is 10.5 Å². The molecule has 1 aliphatic rings. The summed E-state index contributed by atoms with van der Waals surface area (Å²) in [6.07, 6.45) is 6.02. The minimum Gasteiger partial charge on any atom is -0.485 e. The van der Waals surface area contributed by atoms with Crippen LogP contribution in [0.25, 0.3) is 11.3 Å². The fourth-order valence-corrected chi connectivity index (χ4v) is 3.75. The molecule has 2 N–H and O–H groups in total. The molecule has 0 amide bonds. The van der Waals surface area contributed by atoms with Crippen molar-refractivity contribution < 1.29 is 9.13 Å². The molecule has 144 valence electrons. The van der Waals surface area contributed by atoms with Gasteiger partial charge in [-0.15, -0.1) is 0 Å². The molecule has 0 bridgehead atoms. The summed E-state index contributed by atoms with van der Waals surface area (Å²) in [5.41, 5.74) is 7.78. The van der Waals surface area contributed by atoms with E-state index in [0.29, 0.717) is 26.9 Å². The molecule has 0 radical (unpaired) electrons. The van der Waals surface area contributed by atoms with Crippen LogP contribution in [0, 0.1) is 5.82 Å². The highest BCUT2D eigenvalue weighted by atomic mass is 35.5. The van der Waals surface area contributed by atoms with Crippen LogP contribution < -0.4 is 10.5 Å². The average molecular weight is 418 g/mol. The van der Waals surface area contributed by atoms with Gasteiger partial charge in [-0.2, -0.15) is 0 Å². The van der Waals surface area contributed by atoms with E-state index in [1.807, 2.05) is 6.07 Å². The van der Waals surface area contributed by atoms with Crippen LogP contribution in [0.4, 0.5) is 10.2 Å². The molecule has 1 aromatic heterocycles. The molecule has 1 aliphatic carbocycles. The number of hydrogen-bond donors (Lipinski definition) is 1. The van der Waals surface area contributed by atoms with Crippen molar-refractivity contribution in [2.75, 3.05) is 5.73 Å². The fraction of sp³-hybridized carbons (Fsp3) is 0.238. The van der Waals surface area contributed by atoms with Crippen LogP contribution in [0.5, 0.6) is 5.75 Å². The Labute approximate surface area is 172 Å². The molecular weight excluding hydrogens is 400 g/mol. The lowest BCUT2D eigenvalue weighted by molar-refractivity contribution is 0.279. The predicted octanol–water partition coefficient (Wildman–Crippen LogP) is 6.02. The lowest BCUT2D eigenvalue weighted by atomic mass is 9.79. The van der Waals surface area contributed by atoms with Crippen molar-refractivity contribution in [2.45, 2.75) is 31.8 Å². The summed E-state index contributed by atoms with van der Waals surface area (Å²) in [5.74, 6) is 0.321. The van der Waals surface area contributed by atoms with Crippen molar-refractivity contribution >= 4 is 29.0 Å². The molecule has 1 saturated carbocycles. The third-order valence-corrected chi connectivity index (χ3v) is 5.75. The van der Waals surface area contributed by atoms with E-state index in [4.69, 9.17) is 33.7 Å². The van der Waals surface area contributed by atoms with Gasteiger partial charge in [0.2, 0.25) is 0 Å². The quantitative estimate of drug-likeness (QED) is 0.551. The molecule has 3 aromatic rings. The van der Waals surface area contributed by atoms with Gasteiger partial charge in [0.25, 0.3) is 0 Å². The molecule has 1 fully saturated rings. The van der Waals surface area contributed by atoms with Gasteiger partial charge in [-0.1, -0.05) is 41.8 Å². The smallest absolute Gasteiger partial charge is 0.174 e. The Morgan fingerprint density at radius 1 is 1.07 bits per heavy atom. The highest BCUT2D eigenvalue weighted by Gasteiger charge is 2.27. The first-order valence-electron chi connectivity index (χ1n) is 9.00. The molecule has 2 aromatic carbocycles. The van der Waals surface area contributed by atoms with Crippen molar-refractivity contribution in [3.63, 3.8) is 0 Å². The van der Waals surface area contributed by atoms with E-state index in [9.17, 15) is 0 Å². The van der Waals surface area contributed by atoms with Gasteiger partial charge in [0.15, 0.2) is 11.6 Å². The molecular formula is C21H18Cl2FN3O. The summed E-state index contributed by atoms with van der Waals surface area (Å²) in [7, 11) is 0. The number of rotatable bonds is 5. The maximum absolute atomic E-state index is 15.5. The van der Waals surface area contributed by atoms with Gasteiger partial charge in [-0.3, -0.25) is 4.98 Å². The Morgan fingerprint density at radius 3 is 2.43 bits per heavy atom. The Hall–Kier alpha value is -2.37. The molecule has 0 atom stereocenters. The number of halogens is 3. The number of benzene rings is 2. The molecule has 0 aliphatic heterocycles. The normalized spacial score (nSPS) is 14.0. The van der Waals surface area contributed by atoms with E-state index in [1.54, 1.807) is 24.3 Å². The van der Waals surface area contributed by atoms with Crippen molar-refractivity contribution in [1.82, 2.24) is 9.97 Å². The lowest BCUT2D eigenvalue weighted by Crippen LogP contribution is -2.12. The first-order chi connectivity index (χ1) is 13.5. The van der Waals surface area contributed by atoms with Crippen LogP contribution in [0.2, 0.25) is 10.0 Å². The first-order valence-corrected chi connectivity index (χ1v) is 9.76. The minimum absolute atomic E-state index is 0.0754. The summed E-state index contributed by atoms with van der Waals surface area (Å²) >= 11 is 12.5. The van der Waals surface area contributed by atoms with Crippen LogP contribution in [0.3, 0.4) is 0 Å². The number of nitrogen functional groups attached to an aromatic ring is 1. The largest absolute Gasteiger partial charge is 0.485 e. The highest BCUT2D eigenvalue weighted by molar-refractivity contribution is 6.35. The van der Waals surface area contributed by atoms with Crippen molar-refractivity contribution in [1.29, 1.82) is 0 Å². The van der Waals surface area contributed by atoms with Gasteiger partial charge in [0.1, 0.15) is 12.4 Å². The molecule has 7 heteroatoms. The Balaban J connectivity index is 1.72. The first kappa shape index (κ1) is 19.0. The Morgan fingerprint density at radius 2 is 1.82 bits per heavy atom. The molecule has 0 saturated heterocycles. The lowest BCUT2D eigenvalue weighted by Gasteiger charge is -2.28. The van der Waals surface area contributed by atoms with Crippen molar-refractivity contribution in [3.8, 4) is 17.0 Å². The van der Waals surface area contributed by atoms with Crippen molar-refractivity contribution in [2.24, 2.45) is 0 Å². The van der Waals surface area contributed by atoms with Gasteiger partial charge in [0, 0.05) is 26.7 Å². The van der Waals surface area contributed by atoms with E-state index >= 15 is 4.39 Å². The second-order valence-corrected chi connectivity index (χ2v) is 7.60. The van der Waals surface area contributed by atoms with Gasteiger partial charge in [0.05, 0.1) is 18.1 Å². The SMILES string of the molecule is Nc1cnc(-c2ccc(C3CCC3)c(OCc3c(Cl)cccc3Cl)c2F)cn1. The van der Waals surface area contributed by atoms with Crippen LogP contribution in [0.1, 0.15) is 36.3 Å². The monoisotopic (exact) mass is 417 g/mol. The number of nitrogens with zero attached hydrogens (tertiary/aromatic N) is 2. The van der Waals surface area contributed by atoms with Crippen LogP contribution >= 0.6 is 23.2 Å². The molecule has 4 rings (SSSR count). The topological polar surface area (TPSA) is 61.0 Å². The van der Waals surface area contributed by atoms with E-state index in [0.717, 1.165) is 24.8 Å². The van der Waals surface area contributed by atoms with E-state index in [2.05, 4.69) is 9.97 Å². The predicted molar refractivity (Wildman–Crippen MR) is 109 cm³/mol. The zero-order valence-electron chi connectivity index (χ0n) is 15.0. The van der Waals surface area contributed by atoms with Crippen LogP contribution in [-0.4, -0.2) is 9.97 Å².